The third kappa shape index (κ3) is 5.28. The van der Waals surface area contributed by atoms with Gasteiger partial charge in [-0.05, 0) is 42.8 Å². The Morgan fingerprint density at radius 3 is 2.42 bits per heavy atom. The average molecular weight is 443 g/mol. The highest BCUT2D eigenvalue weighted by molar-refractivity contribution is 7.89. The van der Waals surface area contributed by atoms with Crippen LogP contribution >= 0.6 is 0 Å². The number of para-hydroxylation sites is 2. The molecule has 8 heteroatoms. The molecule has 3 aromatic carbocycles. The number of halogens is 1. The predicted octanol–water partition coefficient (Wildman–Crippen LogP) is 4.30. The number of hydrogen-bond acceptors (Lipinski definition) is 4. The second kappa shape index (κ2) is 9.72. The van der Waals surface area contributed by atoms with Crippen molar-refractivity contribution in [1.29, 1.82) is 0 Å². The minimum Gasteiger partial charge on any atom is -0.492 e. The fourth-order valence-corrected chi connectivity index (χ4v) is 4.23. The molecule has 162 valence electrons. The molecule has 1 amide bonds. The topological polar surface area (TPSA) is 75.7 Å². The number of ether oxygens (including phenoxy) is 1. The van der Waals surface area contributed by atoms with E-state index in [0.717, 1.165) is 22.0 Å². The molecule has 0 bridgehead atoms. The molecule has 0 aliphatic heterocycles. The minimum absolute atomic E-state index is 0.0133. The summed E-state index contributed by atoms with van der Waals surface area (Å²) in [6.45, 7) is 2.31. The third-order valence-electron chi connectivity index (χ3n) is 4.56. The van der Waals surface area contributed by atoms with Crippen LogP contribution in [0.1, 0.15) is 22.8 Å². The van der Waals surface area contributed by atoms with Crippen LogP contribution in [-0.4, -0.2) is 32.3 Å². The number of hydrogen-bond donors (Lipinski definition) is 1. The van der Waals surface area contributed by atoms with Crippen LogP contribution < -0.4 is 10.1 Å². The highest BCUT2D eigenvalue weighted by Gasteiger charge is 2.26. The van der Waals surface area contributed by atoms with Crippen LogP contribution in [0.2, 0.25) is 0 Å². The summed E-state index contributed by atoms with van der Waals surface area (Å²) in [5.41, 5.74) is 1.21. The Hall–Kier alpha value is -3.23. The van der Waals surface area contributed by atoms with Crippen molar-refractivity contribution in [2.45, 2.75) is 18.4 Å². The zero-order chi connectivity index (χ0) is 22.4. The normalized spacial score (nSPS) is 11.4. The smallest absolute Gasteiger partial charge is 0.255 e. The molecule has 0 unspecified atom stereocenters. The van der Waals surface area contributed by atoms with Crippen molar-refractivity contribution < 1.29 is 22.3 Å². The van der Waals surface area contributed by atoms with Crippen molar-refractivity contribution in [2.24, 2.45) is 0 Å². The van der Waals surface area contributed by atoms with Crippen LogP contribution in [0.5, 0.6) is 5.75 Å². The van der Waals surface area contributed by atoms with Gasteiger partial charge in [-0.1, -0.05) is 42.5 Å². The summed E-state index contributed by atoms with van der Waals surface area (Å²) in [6.07, 6.45) is 0. The lowest BCUT2D eigenvalue weighted by atomic mass is 10.2. The predicted molar refractivity (Wildman–Crippen MR) is 117 cm³/mol. The van der Waals surface area contributed by atoms with Gasteiger partial charge >= 0.3 is 0 Å². The molecule has 6 nitrogen and oxygen atoms in total. The summed E-state index contributed by atoms with van der Waals surface area (Å²) in [5, 5.41) is 2.68. The van der Waals surface area contributed by atoms with E-state index < -0.39 is 26.6 Å². The van der Waals surface area contributed by atoms with Crippen LogP contribution in [0.3, 0.4) is 0 Å². The van der Waals surface area contributed by atoms with Gasteiger partial charge in [0, 0.05) is 19.2 Å². The quantitative estimate of drug-likeness (QED) is 0.565. The van der Waals surface area contributed by atoms with E-state index in [1.165, 1.54) is 13.1 Å². The molecule has 3 rings (SSSR count). The molecule has 0 radical (unpaired) electrons. The number of nitrogens with one attached hydrogen (secondary N) is 1. The molecule has 0 saturated heterocycles. The zero-order valence-electron chi connectivity index (χ0n) is 17.2. The lowest BCUT2D eigenvalue weighted by Gasteiger charge is -2.18. The molecule has 0 saturated carbocycles. The first-order chi connectivity index (χ1) is 14.8. The number of carbonyl (C=O) groups excluding carboxylic acids is 1. The average Bonchev–Trinajstić information content (AvgIpc) is 2.76. The molecule has 3 aromatic rings. The first kappa shape index (κ1) is 22.5. The molecule has 0 spiro atoms. The van der Waals surface area contributed by atoms with Crippen molar-refractivity contribution in [1.82, 2.24) is 4.31 Å². The van der Waals surface area contributed by atoms with Gasteiger partial charge in [-0.25, -0.2) is 12.8 Å². The van der Waals surface area contributed by atoms with Crippen molar-refractivity contribution in [3.05, 3.63) is 89.7 Å². The maximum absolute atomic E-state index is 14.5. The van der Waals surface area contributed by atoms with Gasteiger partial charge in [-0.2, -0.15) is 4.31 Å². The standard InChI is InChI=1S/C23H23FN2O4S/c1-3-30-21-12-8-7-11-20(21)25-23(27)18-13-14-19(24)22(15-18)31(28,29)26(2)16-17-9-5-4-6-10-17/h4-15H,3,16H2,1-2H3,(H,25,27). The molecular formula is C23H23FN2O4S. The SMILES string of the molecule is CCOc1ccccc1NC(=O)c1ccc(F)c(S(=O)(=O)N(C)Cc2ccccc2)c1. The highest BCUT2D eigenvalue weighted by Crippen LogP contribution is 2.26. The number of sulfonamides is 1. The summed E-state index contributed by atoms with van der Waals surface area (Å²) in [5.74, 6) is -1.02. The zero-order valence-corrected chi connectivity index (χ0v) is 18.0. The first-order valence-electron chi connectivity index (χ1n) is 9.66. The highest BCUT2D eigenvalue weighted by atomic mass is 32.2. The summed E-state index contributed by atoms with van der Waals surface area (Å²) in [7, 11) is -2.79. The molecular weight excluding hydrogens is 419 g/mol. The lowest BCUT2D eigenvalue weighted by Crippen LogP contribution is -2.27. The van der Waals surface area contributed by atoms with Gasteiger partial charge in [0.1, 0.15) is 16.5 Å². The van der Waals surface area contributed by atoms with E-state index in [4.69, 9.17) is 4.74 Å². The number of nitrogens with zero attached hydrogens (tertiary/aromatic N) is 1. The molecule has 31 heavy (non-hydrogen) atoms. The molecule has 0 aliphatic rings. The van der Waals surface area contributed by atoms with E-state index in [1.807, 2.05) is 13.0 Å². The number of rotatable bonds is 8. The Bertz CT molecular complexity index is 1170. The Morgan fingerprint density at radius 2 is 1.71 bits per heavy atom. The van der Waals surface area contributed by atoms with Gasteiger partial charge in [0.05, 0.1) is 12.3 Å². The van der Waals surface area contributed by atoms with E-state index in [2.05, 4.69) is 5.32 Å². The third-order valence-corrected chi connectivity index (χ3v) is 6.38. The van der Waals surface area contributed by atoms with Gasteiger partial charge in [0.15, 0.2) is 0 Å². The molecule has 0 aromatic heterocycles. The number of anilines is 1. The minimum atomic E-state index is -4.16. The van der Waals surface area contributed by atoms with Gasteiger partial charge in [-0.3, -0.25) is 4.79 Å². The Balaban J connectivity index is 1.86. The van der Waals surface area contributed by atoms with Crippen LogP contribution in [0.15, 0.2) is 77.7 Å². The summed E-state index contributed by atoms with van der Waals surface area (Å²) < 4.78 is 46.9. The first-order valence-corrected chi connectivity index (χ1v) is 11.1. The molecule has 0 heterocycles. The Kier molecular flexibility index (Phi) is 7.04. The molecule has 0 fully saturated rings. The molecule has 1 N–H and O–H groups in total. The molecule has 0 atom stereocenters. The molecule has 0 aliphatic carbocycles. The van der Waals surface area contributed by atoms with E-state index in [1.54, 1.807) is 48.5 Å². The summed E-state index contributed by atoms with van der Waals surface area (Å²) >= 11 is 0. The number of amides is 1. The van der Waals surface area contributed by atoms with Crippen LogP contribution in [0.25, 0.3) is 0 Å². The van der Waals surface area contributed by atoms with Crippen LogP contribution in [0.4, 0.5) is 10.1 Å². The van der Waals surface area contributed by atoms with Gasteiger partial charge in [0.2, 0.25) is 10.0 Å². The number of benzene rings is 3. The second-order valence-electron chi connectivity index (χ2n) is 6.78. The summed E-state index contributed by atoms with van der Waals surface area (Å²) in [6, 6.07) is 19.1. The monoisotopic (exact) mass is 442 g/mol. The Labute approximate surface area is 181 Å². The fraction of sp³-hybridized carbons (Fsp3) is 0.174. The lowest BCUT2D eigenvalue weighted by molar-refractivity contribution is 0.102. The number of carbonyl (C=O) groups is 1. The van der Waals surface area contributed by atoms with Crippen molar-refractivity contribution in [3.8, 4) is 5.75 Å². The van der Waals surface area contributed by atoms with E-state index in [9.17, 15) is 17.6 Å². The van der Waals surface area contributed by atoms with Crippen LogP contribution in [-0.2, 0) is 16.6 Å². The fourth-order valence-electron chi connectivity index (χ4n) is 2.98. The maximum atomic E-state index is 14.5. The van der Waals surface area contributed by atoms with Gasteiger partial charge in [-0.15, -0.1) is 0 Å². The van der Waals surface area contributed by atoms with E-state index in [0.29, 0.717) is 18.0 Å². The van der Waals surface area contributed by atoms with Crippen molar-refractivity contribution in [2.75, 3.05) is 19.0 Å². The maximum Gasteiger partial charge on any atom is 0.255 e. The van der Waals surface area contributed by atoms with Gasteiger partial charge in [0.25, 0.3) is 5.91 Å². The van der Waals surface area contributed by atoms with Crippen molar-refractivity contribution >= 4 is 21.6 Å². The van der Waals surface area contributed by atoms with Gasteiger partial charge < -0.3 is 10.1 Å². The second-order valence-corrected chi connectivity index (χ2v) is 8.79. The Morgan fingerprint density at radius 1 is 1.03 bits per heavy atom. The largest absolute Gasteiger partial charge is 0.492 e. The van der Waals surface area contributed by atoms with E-state index in [-0.39, 0.29) is 12.1 Å². The summed E-state index contributed by atoms with van der Waals surface area (Å²) in [4.78, 5) is 12.2. The van der Waals surface area contributed by atoms with E-state index >= 15 is 0 Å². The van der Waals surface area contributed by atoms with Crippen molar-refractivity contribution in [3.63, 3.8) is 0 Å². The van der Waals surface area contributed by atoms with Crippen LogP contribution in [0, 0.1) is 5.82 Å².